The van der Waals surface area contributed by atoms with Crippen molar-refractivity contribution in [2.24, 2.45) is 68.5 Å². The molecule has 5 saturated carbocycles. The van der Waals surface area contributed by atoms with Crippen molar-refractivity contribution in [1.29, 1.82) is 0 Å². The smallest absolute Gasteiger partial charge is 0.312 e. The van der Waals surface area contributed by atoms with Gasteiger partial charge in [0.2, 0.25) is 0 Å². The number of carbonyl (C=O) groups excluding carboxylic acids is 1. The van der Waals surface area contributed by atoms with Gasteiger partial charge in [-0.2, -0.15) is 0 Å². The first-order valence-electron chi connectivity index (χ1n) is 22.5. The van der Waals surface area contributed by atoms with E-state index in [4.69, 9.17) is 4.74 Å². The Morgan fingerprint density at radius 2 is 1.30 bits per heavy atom. The van der Waals surface area contributed by atoms with E-state index in [1.807, 2.05) is 0 Å². The maximum atomic E-state index is 13.8. The molecule has 0 saturated heterocycles. The number of carbonyl (C=O) groups is 1. The number of fused-ring (bicyclic) bond motifs is 7. The summed E-state index contributed by atoms with van der Waals surface area (Å²) in [4.78, 5) is 13.8. The molecule has 11 atom stereocenters. The summed E-state index contributed by atoms with van der Waals surface area (Å²) in [5.74, 6) is 3.67. The molecule has 1 N–H and O–H groups in total. The highest BCUT2D eigenvalue weighted by atomic mass is 31.2. The number of rotatable bonds is 9. The van der Waals surface area contributed by atoms with E-state index in [0.29, 0.717) is 35.5 Å². The van der Waals surface area contributed by atoms with Crippen LogP contribution in [0.3, 0.4) is 0 Å². The largest absolute Gasteiger partial charge is 0.469 e. The first-order valence-corrected chi connectivity index (χ1v) is 24.5. The number of esters is 1. The van der Waals surface area contributed by atoms with Crippen LogP contribution in [0.5, 0.6) is 0 Å². The van der Waals surface area contributed by atoms with Gasteiger partial charge in [-0.25, -0.2) is 0 Å². The van der Waals surface area contributed by atoms with Crippen molar-refractivity contribution < 1.29 is 14.6 Å². The highest BCUT2D eigenvalue weighted by Crippen LogP contribution is 2.78. The second-order valence-corrected chi connectivity index (χ2v) is 24.8. The van der Waals surface area contributed by atoms with Gasteiger partial charge in [0.1, 0.15) is 23.2 Å². The zero-order valence-electron chi connectivity index (χ0n) is 36.0. The Balaban J connectivity index is 1.11. The van der Waals surface area contributed by atoms with Crippen molar-refractivity contribution in [3.8, 4) is 0 Å². The van der Waals surface area contributed by atoms with Crippen molar-refractivity contribution in [1.82, 2.24) is 0 Å². The maximum Gasteiger partial charge on any atom is 0.312 e. The van der Waals surface area contributed by atoms with Crippen molar-refractivity contribution in [2.75, 3.05) is 13.3 Å². The van der Waals surface area contributed by atoms with E-state index in [1.54, 1.807) is 7.11 Å². The molecule has 5 aliphatic rings. The summed E-state index contributed by atoms with van der Waals surface area (Å²) in [5.41, 5.74) is 0.151. The predicted octanol–water partition coefficient (Wildman–Crippen LogP) is 11.3. The molecule has 5 unspecified atom stereocenters. The third kappa shape index (κ3) is 5.80. The molecule has 0 spiro atoms. The molecule has 3 aromatic carbocycles. The molecule has 4 heteroatoms. The summed E-state index contributed by atoms with van der Waals surface area (Å²) >= 11 is 0. The minimum Gasteiger partial charge on any atom is -0.469 e. The van der Waals surface area contributed by atoms with Crippen LogP contribution in [-0.4, -0.2) is 30.5 Å². The van der Waals surface area contributed by atoms with Crippen LogP contribution in [0.4, 0.5) is 0 Å². The van der Waals surface area contributed by atoms with Crippen LogP contribution in [0.15, 0.2) is 91.0 Å². The highest BCUT2D eigenvalue weighted by Gasteiger charge is 2.72. The van der Waals surface area contributed by atoms with Crippen molar-refractivity contribution in [3.05, 3.63) is 91.0 Å². The third-order valence-electron chi connectivity index (χ3n) is 18.7. The zero-order valence-corrected chi connectivity index (χ0v) is 36.9. The van der Waals surface area contributed by atoms with Gasteiger partial charge in [-0.3, -0.25) is 4.79 Å². The molecule has 3 nitrogen and oxygen atoms in total. The van der Waals surface area contributed by atoms with Gasteiger partial charge < -0.3 is 9.84 Å². The van der Waals surface area contributed by atoms with Crippen molar-refractivity contribution in [2.45, 2.75) is 125 Å². The first kappa shape index (κ1) is 40.3. The molecular weight excluding hydrogens is 704 g/mol. The van der Waals surface area contributed by atoms with Crippen LogP contribution in [0.2, 0.25) is 0 Å². The van der Waals surface area contributed by atoms with Gasteiger partial charge in [-0.05, 0) is 170 Å². The number of aliphatic hydroxyl groups is 1. The van der Waals surface area contributed by atoms with E-state index < -0.39 is 7.26 Å². The average molecular weight is 776 g/mol. The van der Waals surface area contributed by atoms with Crippen LogP contribution in [0.1, 0.15) is 119 Å². The lowest BCUT2D eigenvalue weighted by atomic mass is 9.31. The molecule has 0 heterocycles. The Morgan fingerprint density at radius 1 is 0.732 bits per heavy atom. The predicted molar refractivity (Wildman–Crippen MR) is 235 cm³/mol. The van der Waals surface area contributed by atoms with Gasteiger partial charge in [0, 0.05) is 0 Å². The number of ether oxygens (including phenoxy) is 1. The van der Waals surface area contributed by atoms with Crippen LogP contribution in [0.25, 0.3) is 0 Å². The molecule has 302 valence electrons. The van der Waals surface area contributed by atoms with Crippen LogP contribution < -0.4 is 15.9 Å². The lowest BCUT2D eigenvalue weighted by molar-refractivity contribution is -0.258. The number of aliphatic hydroxyl groups excluding tert-OH is 1. The molecule has 8 rings (SSSR count). The van der Waals surface area contributed by atoms with Gasteiger partial charge in [-0.15, -0.1) is 0 Å². The summed E-state index contributed by atoms with van der Waals surface area (Å²) in [6.07, 6.45) is 13.3. The molecule has 0 radical (unpaired) electrons. The molecule has 56 heavy (non-hydrogen) atoms. The summed E-state index contributed by atoms with van der Waals surface area (Å²) in [6.45, 7) is 17.7. The molecule has 0 amide bonds. The third-order valence-corrected chi connectivity index (χ3v) is 23.2. The Labute approximate surface area is 340 Å². The maximum absolute atomic E-state index is 13.8. The second kappa shape index (κ2) is 14.7. The number of hydrogen-bond acceptors (Lipinski definition) is 3. The number of hydrogen-bond donors (Lipinski definition) is 1. The monoisotopic (exact) mass is 776 g/mol. The lowest BCUT2D eigenvalue weighted by Crippen LogP contribution is -2.68. The van der Waals surface area contributed by atoms with Gasteiger partial charge in [0.25, 0.3) is 0 Å². The van der Waals surface area contributed by atoms with E-state index in [-0.39, 0.29) is 45.1 Å². The quantitative estimate of drug-likeness (QED) is 0.174. The molecule has 5 fully saturated rings. The minimum atomic E-state index is -1.93. The van der Waals surface area contributed by atoms with Gasteiger partial charge >= 0.3 is 5.97 Å². The zero-order chi connectivity index (χ0) is 39.7. The molecule has 0 aliphatic heterocycles. The molecule has 0 aromatic heterocycles. The van der Waals surface area contributed by atoms with Crippen LogP contribution in [-0.2, 0) is 9.53 Å². The Morgan fingerprint density at radius 3 is 1.84 bits per heavy atom. The van der Waals surface area contributed by atoms with E-state index in [0.717, 1.165) is 44.7 Å². The standard InChI is InChI=1S/C52H72O3P/c1-36(2)41-28-31-52(47(54)55-8)33-32-50(6)42(45(41)52)26-27-44-49(5)35-37(46(53)48(3,4)43(49)29-30-51(44,50)7)19-18-34-56(38-20-12-9-13-21-38,39-22-14-10-15-23-39)40-24-16-11-17-25-40/h9-17,20-25,36-37,41-46,53H,18-19,26-35H2,1-8H3/q+1/t37-,41?,42?,43?,44?,45?,46+,49-,50+,51+,52-/m0/s1. The number of methoxy groups -OCH3 is 1. The fraction of sp³-hybridized carbons (Fsp3) is 0.635. The lowest BCUT2D eigenvalue weighted by Gasteiger charge is -2.73. The first-order chi connectivity index (χ1) is 26.7. The Hall–Kier alpha value is -2.48. The van der Waals surface area contributed by atoms with Crippen LogP contribution >= 0.6 is 7.26 Å². The van der Waals surface area contributed by atoms with Gasteiger partial charge in [-0.1, -0.05) is 103 Å². The summed E-state index contributed by atoms with van der Waals surface area (Å²) in [6, 6.07) is 34.0. The van der Waals surface area contributed by atoms with E-state index >= 15 is 0 Å². The Bertz CT molecular complexity index is 1740. The summed E-state index contributed by atoms with van der Waals surface area (Å²) in [5, 5.41) is 16.8. The normalized spacial score (nSPS) is 38.9. The molecule has 5 aliphatic carbocycles. The van der Waals surface area contributed by atoms with Crippen molar-refractivity contribution in [3.63, 3.8) is 0 Å². The molecule has 0 bridgehead atoms. The van der Waals surface area contributed by atoms with Gasteiger partial charge in [0.05, 0.1) is 24.8 Å². The minimum absolute atomic E-state index is 0.0831. The fourth-order valence-electron chi connectivity index (χ4n) is 16.0. The fourth-order valence-corrected chi connectivity index (χ4v) is 20.4. The van der Waals surface area contributed by atoms with Gasteiger partial charge in [0.15, 0.2) is 0 Å². The molecule has 3 aromatic rings. The Kier molecular flexibility index (Phi) is 10.6. The summed E-state index contributed by atoms with van der Waals surface area (Å²) < 4.78 is 5.67. The SMILES string of the molecule is COC(=O)[C@]12CCC(C(C)C)C1C1CCC3[C@@]4(C)C[C@H](CCC[P+](c5ccccc5)(c5ccccc5)c5ccccc5)[C@@H](O)C(C)(C)C4CC[C@@]3(C)[C@]1(C)CC2. The highest BCUT2D eigenvalue weighted by molar-refractivity contribution is 7.95. The average Bonchev–Trinajstić information content (AvgIpc) is 3.61. The van der Waals surface area contributed by atoms with Crippen LogP contribution in [0, 0.1) is 68.5 Å². The summed E-state index contributed by atoms with van der Waals surface area (Å²) in [7, 11) is -0.297. The number of benzene rings is 3. The topological polar surface area (TPSA) is 46.5 Å². The van der Waals surface area contributed by atoms with E-state index in [9.17, 15) is 9.90 Å². The second-order valence-electron chi connectivity index (χ2n) is 21.2. The molecular formula is C52H72O3P+. The van der Waals surface area contributed by atoms with E-state index in [1.165, 1.54) is 48.0 Å². The van der Waals surface area contributed by atoms with E-state index in [2.05, 4.69) is 139 Å². The van der Waals surface area contributed by atoms with Crippen molar-refractivity contribution >= 4 is 29.1 Å².